The van der Waals surface area contributed by atoms with Crippen LogP contribution in [0.5, 0.6) is 0 Å². The van der Waals surface area contributed by atoms with E-state index in [0.29, 0.717) is 19.6 Å². The first-order valence-electron chi connectivity index (χ1n) is 9.62. The zero-order valence-corrected chi connectivity index (χ0v) is 20.5. The van der Waals surface area contributed by atoms with Crippen molar-refractivity contribution in [1.29, 1.82) is 0 Å². The molecule has 1 aromatic heterocycles. The fourth-order valence-electron chi connectivity index (χ4n) is 3.26. The van der Waals surface area contributed by atoms with Gasteiger partial charge in [0.1, 0.15) is 5.82 Å². The Kier molecular flexibility index (Phi) is 9.15. The predicted molar refractivity (Wildman–Crippen MR) is 124 cm³/mol. The summed E-state index contributed by atoms with van der Waals surface area (Å²) in [5.41, 5.74) is 0. The molecule has 9 nitrogen and oxygen atoms in total. The van der Waals surface area contributed by atoms with E-state index in [1.54, 1.807) is 4.31 Å². The fourth-order valence-corrected chi connectivity index (χ4v) is 5.58. The second-order valence-corrected chi connectivity index (χ2v) is 9.44. The number of rotatable bonds is 6. The maximum Gasteiger partial charge on any atom is 0.214 e. The minimum Gasteiger partial charge on any atom is -0.357 e. The lowest BCUT2D eigenvalue weighted by atomic mass is 10.3. The molecule has 0 spiro atoms. The molecular formula is C16H30IN7O2S2. The summed E-state index contributed by atoms with van der Waals surface area (Å²) in [4.78, 5) is 13.7. The Bertz CT molecular complexity index is 748. The molecule has 1 N–H and O–H groups in total. The summed E-state index contributed by atoms with van der Waals surface area (Å²) in [6, 6.07) is 0. The molecule has 12 heteroatoms. The van der Waals surface area contributed by atoms with Gasteiger partial charge in [0.2, 0.25) is 15.2 Å². The molecule has 28 heavy (non-hydrogen) atoms. The molecular weight excluding hydrogens is 513 g/mol. The molecule has 3 heterocycles. The molecule has 0 saturated carbocycles. The molecule has 0 unspecified atom stereocenters. The van der Waals surface area contributed by atoms with Crippen molar-refractivity contribution in [3.63, 3.8) is 0 Å². The number of anilines is 1. The number of aromatic nitrogens is 2. The van der Waals surface area contributed by atoms with Gasteiger partial charge >= 0.3 is 0 Å². The van der Waals surface area contributed by atoms with Gasteiger partial charge in [0.25, 0.3) is 0 Å². The van der Waals surface area contributed by atoms with E-state index in [2.05, 4.69) is 36.4 Å². The zero-order chi connectivity index (χ0) is 19.3. The topological polar surface area (TPSA) is 94.0 Å². The first-order chi connectivity index (χ1) is 13.0. The van der Waals surface area contributed by atoms with Crippen molar-refractivity contribution in [2.75, 3.05) is 63.0 Å². The summed E-state index contributed by atoms with van der Waals surface area (Å²) < 4.78 is 29.7. The average Bonchev–Trinajstić information content (AvgIpc) is 3.27. The highest BCUT2D eigenvalue weighted by Gasteiger charge is 2.27. The molecule has 1 aromatic rings. The summed E-state index contributed by atoms with van der Waals surface area (Å²) >= 11 is 1.47. The fraction of sp³-hybridized carbons (Fsp3) is 0.812. The van der Waals surface area contributed by atoms with Gasteiger partial charge in [-0.3, -0.25) is 4.99 Å². The lowest BCUT2D eigenvalue weighted by Gasteiger charge is -2.36. The van der Waals surface area contributed by atoms with Gasteiger partial charge in [-0.1, -0.05) is 6.92 Å². The number of hydrogen-bond acceptors (Lipinski definition) is 7. The first-order valence-corrected chi connectivity index (χ1v) is 12.0. The molecule has 2 saturated heterocycles. The van der Waals surface area contributed by atoms with E-state index >= 15 is 0 Å². The monoisotopic (exact) mass is 543 g/mol. The summed E-state index contributed by atoms with van der Waals surface area (Å²) in [7, 11) is -3.05. The van der Waals surface area contributed by atoms with Gasteiger partial charge in [0, 0.05) is 63.8 Å². The van der Waals surface area contributed by atoms with Crippen LogP contribution in [-0.4, -0.2) is 91.1 Å². The molecule has 2 aliphatic rings. The third-order valence-electron chi connectivity index (χ3n) is 4.77. The largest absolute Gasteiger partial charge is 0.357 e. The number of aliphatic imine (C=N–C) groups is 1. The minimum atomic E-state index is -3.05. The van der Waals surface area contributed by atoms with Crippen molar-refractivity contribution in [2.24, 2.45) is 4.99 Å². The summed E-state index contributed by atoms with van der Waals surface area (Å²) in [6.45, 7) is 9.93. The number of nitrogens with one attached hydrogen (secondary N) is 1. The van der Waals surface area contributed by atoms with Crippen LogP contribution in [0.2, 0.25) is 0 Å². The third kappa shape index (κ3) is 5.89. The van der Waals surface area contributed by atoms with Crippen LogP contribution in [0.15, 0.2) is 4.99 Å². The quantitative estimate of drug-likeness (QED) is 0.323. The number of nitrogens with zero attached hydrogens (tertiary/aromatic N) is 6. The Morgan fingerprint density at radius 3 is 2.54 bits per heavy atom. The Labute approximate surface area is 188 Å². The smallest absolute Gasteiger partial charge is 0.214 e. The molecule has 0 bridgehead atoms. The Morgan fingerprint density at radius 1 is 1.21 bits per heavy atom. The number of halogens is 1. The summed E-state index contributed by atoms with van der Waals surface area (Å²) in [5.74, 6) is 2.04. The third-order valence-corrected chi connectivity index (χ3v) is 7.54. The highest BCUT2D eigenvalue weighted by Crippen LogP contribution is 2.19. The highest BCUT2D eigenvalue weighted by atomic mass is 127. The predicted octanol–water partition coefficient (Wildman–Crippen LogP) is 0.842. The first kappa shape index (κ1) is 23.5. The van der Waals surface area contributed by atoms with E-state index in [9.17, 15) is 8.42 Å². The molecule has 0 radical (unpaired) electrons. The number of piperazine rings is 1. The SMILES string of the molecule is CCNC(=NCCN1CCCS1(=O)=O)N1CCN(c2nc(CC)ns2)CC1.I. The van der Waals surface area contributed by atoms with Crippen LogP contribution in [0.3, 0.4) is 0 Å². The maximum atomic E-state index is 11.9. The van der Waals surface area contributed by atoms with Crippen LogP contribution in [-0.2, 0) is 16.4 Å². The van der Waals surface area contributed by atoms with E-state index in [0.717, 1.165) is 62.5 Å². The highest BCUT2D eigenvalue weighted by molar-refractivity contribution is 14.0. The van der Waals surface area contributed by atoms with Crippen molar-refractivity contribution in [1.82, 2.24) is 23.9 Å². The number of guanidine groups is 1. The maximum absolute atomic E-state index is 11.9. The second kappa shape index (κ2) is 10.9. The van der Waals surface area contributed by atoms with Gasteiger partial charge in [-0.15, -0.1) is 24.0 Å². The van der Waals surface area contributed by atoms with Crippen LogP contribution >= 0.6 is 35.5 Å². The normalized spacial score (nSPS) is 20.3. The zero-order valence-electron chi connectivity index (χ0n) is 16.5. The van der Waals surface area contributed by atoms with E-state index in [1.165, 1.54) is 11.5 Å². The summed E-state index contributed by atoms with van der Waals surface area (Å²) in [6.07, 6.45) is 1.58. The van der Waals surface area contributed by atoms with E-state index < -0.39 is 10.0 Å². The lowest BCUT2D eigenvalue weighted by molar-refractivity contribution is 0.371. The number of sulfonamides is 1. The van der Waals surface area contributed by atoms with Gasteiger partial charge in [-0.2, -0.15) is 4.37 Å². The van der Waals surface area contributed by atoms with E-state index in [4.69, 9.17) is 0 Å². The number of hydrogen-bond donors (Lipinski definition) is 1. The molecule has 2 fully saturated rings. The van der Waals surface area contributed by atoms with Gasteiger partial charge in [0.15, 0.2) is 5.96 Å². The van der Waals surface area contributed by atoms with Gasteiger partial charge in [-0.05, 0) is 13.3 Å². The van der Waals surface area contributed by atoms with Crippen molar-refractivity contribution >= 4 is 56.6 Å². The van der Waals surface area contributed by atoms with Gasteiger partial charge in [-0.25, -0.2) is 17.7 Å². The van der Waals surface area contributed by atoms with Crippen LogP contribution in [0.25, 0.3) is 0 Å². The van der Waals surface area contributed by atoms with E-state index in [1.807, 2.05) is 6.92 Å². The second-order valence-electron chi connectivity index (χ2n) is 6.63. The summed E-state index contributed by atoms with van der Waals surface area (Å²) in [5, 5.41) is 4.32. The number of aryl methyl sites for hydroxylation is 1. The molecule has 0 amide bonds. The molecule has 0 aromatic carbocycles. The molecule has 160 valence electrons. The van der Waals surface area contributed by atoms with Gasteiger partial charge < -0.3 is 15.1 Å². The molecule has 2 aliphatic heterocycles. The molecule has 3 rings (SSSR count). The Morgan fingerprint density at radius 2 is 1.96 bits per heavy atom. The lowest BCUT2D eigenvalue weighted by Crippen LogP contribution is -2.52. The van der Waals surface area contributed by atoms with E-state index in [-0.39, 0.29) is 29.7 Å². The Hall–Kier alpha value is -0.730. The average molecular weight is 544 g/mol. The minimum absolute atomic E-state index is 0. The van der Waals surface area contributed by atoms with Crippen molar-refractivity contribution in [3.8, 4) is 0 Å². The van der Waals surface area contributed by atoms with Gasteiger partial charge in [0.05, 0.1) is 12.3 Å². The van der Waals surface area contributed by atoms with Crippen molar-refractivity contribution in [3.05, 3.63) is 5.82 Å². The van der Waals surface area contributed by atoms with Crippen molar-refractivity contribution < 1.29 is 8.42 Å². The van der Waals surface area contributed by atoms with Crippen LogP contribution in [0.4, 0.5) is 5.13 Å². The molecule has 0 aliphatic carbocycles. The standard InChI is InChI=1S/C16H29N7O2S2.HI/c1-3-14-19-16(26-20-14)22-11-9-21(10-12-22)15(17-4-2)18-6-8-23-7-5-13-27(23,24)25;/h3-13H2,1-2H3,(H,17,18);1H. The van der Waals surface area contributed by atoms with Crippen LogP contribution < -0.4 is 10.2 Å². The molecule has 0 atom stereocenters. The van der Waals surface area contributed by atoms with Crippen LogP contribution in [0.1, 0.15) is 26.1 Å². The van der Waals surface area contributed by atoms with Crippen molar-refractivity contribution in [2.45, 2.75) is 26.7 Å². The van der Waals surface area contributed by atoms with Crippen LogP contribution in [0, 0.1) is 0 Å². The Balaban J connectivity index is 0.00000280.